The van der Waals surface area contributed by atoms with E-state index in [1.54, 1.807) is 0 Å². The van der Waals surface area contributed by atoms with Gasteiger partial charge >= 0.3 is 0 Å². The van der Waals surface area contributed by atoms with Crippen LogP contribution in [-0.4, -0.2) is 63.4 Å². The summed E-state index contributed by atoms with van der Waals surface area (Å²) in [6.45, 7) is 11.7. The fourth-order valence-electron chi connectivity index (χ4n) is 3.75. The van der Waals surface area contributed by atoms with Crippen molar-refractivity contribution < 1.29 is 28.8 Å². The smallest absolute Gasteiger partial charge is 0.282 e. The highest BCUT2D eigenvalue weighted by atomic mass is 16.9. The topological polar surface area (TPSA) is 66.4 Å². The Balaban J connectivity index is 2.57. The maximum Gasteiger partial charge on any atom is 0.282 e. The summed E-state index contributed by atoms with van der Waals surface area (Å²) in [7, 11) is 0. The van der Waals surface area contributed by atoms with Crippen molar-refractivity contribution in [2.45, 2.75) is 91.1 Å². The Morgan fingerprint density at radius 3 is 2.18 bits per heavy atom. The summed E-state index contributed by atoms with van der Waals surface area (Å²) in [5.41, 5.74) is 0.0910. The zero-order chi connectivity index (χ0) is 20.7. The molecule has 0 bridgehead atoms. The van der Waals surface area contributed by atoms with E-state index in [2.05, 4.69) is 20.8 Å². The Bertz CT molecular complexity index is 380. The zero-order valence-corrected chi connectivity index (χ0v) is 18.7. The molecule has 3 unspecified atom stereocenters. The van der Waals surface area contributed by atoms with Crippen LogP contribution in [-0.2, 0) is 23.7 Å². The van der Waals surface area contributed by atoms with Crippen molar-refractivity contribution in [2.24, 2.45) is 5.41 Å². The van der Waals surface area contributed by atoms with Gasteiger partial charge in [0.25, 0.3) is 5.97 Å². The maximum absolute atomic E-state index is 8.67. The molecule has 1 heterocycles. The van der Waals surface area contributed by atoms with Crippen molar-refractivity contribution >= 4 is 0 Å². The summed E-state index contributed by atoms with van der Waals surface area (Å²) in [4.78, 5) is 0. The van der Waals surface area contributed by atoms with Crippen molar-refractivity contribution in [1.29, 1.82) is 0 Å². The lowest BCUT2D eigenvalue weighted by atomic mass is 9.73. The Kier molecular flexibility index (Phi) is 13.5. The fourth-order valence-corrected chi connectivity index (χ4v) is 3.75. The molecule has 0 aromatic carbocycles. The van der Waals surface area contributed by atoms with Crippen LogP contribution in [0.25, 0.3) is 0 Å². The minimum atomic E-state index is -0.958. The van der Waals surface area contributed by atoms with Crippen LogP contribution in [0.1, 0.15) is 79.1 Å². The summed E-state index contributed by atoms with van der Waals surface area (Å²) < 4.78 is 29.5. The van der Waals surface area contributed by atoms with E-state index >= 15 is 0 Å². The second kappa shape index (κ2) is 14.7. The van der Waals surface area contributed by atoms with E-state index in [9.17, 15) is 0 Å². The van der Waals surface area contributed by atoms with E-state index in [4.69, 9.17) is 28.8 Å². The third-order valence-electron chi connectivity index (χ3n) is 5.73. The molecule has 6 heteroatoms. The van der Waals surface area contributed by atoms with Crippen LogP contribution >= 0.6 is 0 Å². The van der Waals surface area contributed by atoms with E-state index in [0.717, 1.165) is 25.7 Å². The second-order valence-corrected chi connectivity index (χ2v) is 7.69. The van der Waals surface area contributed by atoms with Crippen molar-refractivity contribution in [3.05, 3.63) is 0 Å². The third kappa shape index (κ3) is 8.25. The molecule has 0 aromatic rings. The number of aliphatic hydroxyl groups is 1. The monoisotopic (exact) mass is 404 g/mol. The Labute approximate surface area is 172 Å². The largest absolute Gasteiger partial charge is 0.394 e. The molecule has 0 aliphatic carbocycles. The summed E-state index contributed by atoms with van der Waals surface area (Å²) in [6.07, 6.45) is 8.82. The molecule has 168 valence electrons. The van der Waals surface area contributed by atoms with Crippen molar-refractivity contribution in [2.75, 3.05) is 46.2 Å². The molecule has 0 saturated carbocycles. The van der Waals surface area contributed by atoms with E-state index in [1.165, 1.54) is 19.3 Å². The van der Waals surface area contributed by atoms with E-state index in [-0.39, 0.29) is 18.1 Å². The van der Waals surface area contributed by atoms with Gasteiger partial charge in [0.1, 0.15) is 0 Å². The fraction of sp³-hybridized carbons (Fsp3) is 1.00. The molecule has 0 spiro atoms. The summed E-state index contributed by atoms with van der Waals surface area (Å²) in [5, 5.41) is 8.67. The van der Waals surface area contributed by atoms with Crippen LogP contribution < -0.4 is 0 Å². The first kappa shape index (κ1) is 25.8. The summed E-state index contributed by atoms with van der Waals surface area (Å²) in [6, 6.07) is 0. The average Bonchev–Trinajstić information content (AvgIpc) is 2.73. The van der Waals surface area contributed by atoms with Gasteiger partial charge < -0.3 is 28.8 Å². The van der Waals surface area contributed by atoms with Gasteiger partial charge in [-0.15, -0.1) is 0 Å². The average molecular weight is 405 g/mol. The molecule has 0 radical (unpaired) electrons. The minimum absolute atomic E-state index is 0.0352. The van der Waals surface area contributed by atoms with Crippen LogP contribution in [0.5, 0.6) is 0 Å². The SMILES string of the molecule is CCCCC1OC(CC)(OCCOCCOCCO)OCC1(CC)CCCC. The predicted octanol–water partition coefficient (Wildman–Crippen LogP) is 4.28. The third-order valence-corrected chi connectivity index (χ3v) is 5.73. The number of unbranched alkanes of at least 4 members (excludes halogenated alkanes) is 2. The van der Waals surface area contributed by atoms with Crippen molar-refractivity contribution in [3.8, 4) is 0 Å². The lowest BCUT2D eigenvalue weighted by Crippen LogP contribution is -2.56. The molecular formula is C22H44O6. The van der Waals surface area contributed by atoms with E-state index < -0.39 is 5.97 Å². The van der Waals surface area contributed by atoms with Gasteiger partial charge in [0.15, 0.2) is 0 Å². The number of hydrogen-bond acceptors (Lipinski definition) is 6. The maximum atomic E-state index is 8.67. The van der Waals surface area contributed by atoms with Gasteiger partial charge in [-0.3, -0.25) is 0 Å². The number of ether oxygens (including phenoxy) is 5. The normalized spacial score (nSPS) is 28.0. The van der Waals surface area contributed by atoms with E-state index in [0.29, 0.717) is 46.1 Å². The molecule has 1 saturated heterocycles. The first-order valence-electron chi connectivity index (χ1n) is 11.3. The van der Waals surface area contributed by atoms with Crippen LogP contribution in [0.3, 0.4) is 0 Å². The van der Waals surface area contributed by atoms with Gasteiger partial charge in [0, 0.05) is 11.8 Å². The first-order valence-corrected chi connectivity index (χ1v) is 11.3. The number of rotatable bonds is 17. The molecule has 6 nitrogen and oxygen atoms in total. The second-order valence-electron chi connectivity index (χ2n) is 7.69. The lowest BCUT2D eigenvalue weighted by Gasteiger charge is -2.50. The van der Waals surface area contributed by atoms with Gasteiger partial charge in [0.05, 0.1) is 52.4 Å². The van der Waals surface area contributed by atoms with Crippen LogP contribution in [0, 0.1) is 5.41 Å². The summed E-state index contributed by atoms with van der Waals surface area (Å²) >= 11 is 0. The Hall–Kier alpha value is -0.240. The number of aliphatic hydroxyl groups excluding tert-OH is 1. The molecule has 0 aromatic heterocycles. The van der Waals surface area contributed by atoms with Gasteiger partial charge in [-0.1, -0.05) is 53.4 Å². The standard InChI is InChI=1S/C22H44O6/c1-5-9-11-20-21(7-3,12-10-6-2)19-27-22(8-4,28-20)26-18-17-25-16-15-24-14-13-23/h20,23H,5-19H2,1-4H3. The van der Waals surface area contributed by atoms with Gasteiger partial charge in [-0.05, 0) is 19.3 Å². The van der Waals surface area contributed by atoms with Crippen molar-refractivity contribution in [3.63, 3.8) is 0 Å². The molecular weight excluding hydrogens is 360 g/mol. The summed E-state index contributed by atoms with van der Waals surface area (Å²) in [5.74, 6) is -0.958. The highest BCUT2D eigenvalue weighted by Gasteiger charge is 2.49. The molecule has 28 heavy (non-hydrogen) atoms. The van der Waals surface area contributed by atoms with Crippen molar-refractivity contribution in [1.82, 2.24) is 0 Å². The molecule has 0 amide bonds. The highest BCUT2D eigenvalue weighted by Crippen LogP contribution is 2.45. The van der Waals surface area contributed by atoms with E-state index in [1.807, 2.05) is 6.92 Å². The molecule has 1 aliphatic heterocycles. The molecule has 3 atom stereocenters. The van der Waals surface area contributed by atoms with Crippen LogP contribution in [0.2, 0.25) is 0 Å². The molecule has 1 aliphatic rings. The predicted molar refractivity (Wildman–Crippen MR) is 110 cm³/mol. The van der Waals surface area contributed by atoms with Gasteiger partial charge in [-0.25, -0.2) is 0 Å². The highest BCUT2D eigenvalue weighted by molar-refractivity contribution is 4.90. The lowest BCUT2D eigenvalue weighted by molar-refractivity contribution is -0.442. The molecule has 1 fully saturated rings. The van der Waals surface area contributed by atoms with Gasteiger partial charge in [-0.2, -0.15) is 0 Å². The van der Waals surface area contributed by atoms with Crippen LogP contribution in [0.4, 0.5) is 0 Å². The zero-order valence-electron chi connectivity index (χ0n) is 18.7. The molecule has 1 N–H and O–H groups in total. The first-order chi connectivity index (χ1) is 13.6. The minimum Gasteiger partial charge on any atom is -0.394 e. The van der Waals surface area contributed by atoms with Crippen LogP contribution in [0.15, 0.2) is 0 Å². The quantitative estimate of drug-likeness (QED) is 0.365. The molecule has 1 rings (SSSR count). The Morgan fingerprint density at radius 1 is 0.893 bits per heavy atom. The number of hydrogen-bond donors (Lipinski definition) is 1. The van der Waals surface area contributed by atoms with Gasteiger partial charge in [0.2, 0.25) is 0 Å². The Morgan fingerprint density at radius 2 is 1.57 bits per heavy atom.